The Balaban J connectivity index is 1.32. The zero-order chi connectivity index (χ0) is 30.3. The standard InChI is InChI=1S/C35H40N2O6/c38-24-30(21-26-17-19-31(20-18-26)42-25-27-11-5-3-6-12-27)37-33(39)22-29-15-7-1-2-10-16-34(40)43-32(23-36-35(29)41)28-13-8-4-9-14-28/h1,3-9,11-14,17-20,29-30,32,38H,2,10,15-16,21-25H2,(H,36,41)(H,37,39)/t29-,30+,32-/m1/s1. The van der Waals surface area contributed by atoms with Gasteiger partial charge in [-0.05, 0) is 54.5 Å². The van der Waals surface area contributed by atoms with Crippen LogP contribution in [0.5, 0.6) is 5.75 Å². The molecule has 3 aromatic rings. The lowest BCUT2D eigenvalue weighted by Gasteiger charge is -2.22. The highest BCUT2D eigenvalue weighted by atomic mass is 16.5. The van der Waals surface area contributed by atoms with Crippen molar-refractivity contribution in [1.29, 1.82) is 0 Å². The summed E-state index contributed by atoms with van der Waals surface area (Å²) >= 11 is 0. The minimum atomic E-state index is -0.616. The molecule has 0 saturated carbocycles. The van der Waals surface area contributed by atoms with Gasteiger partial charge in [0.1, 0.15) is 18.5 Å². The molecule has 0 saturated heterocycles. The number of amides is 2. The Bertz CT molecular complexity index is 1330. The molecule has 3 atom stereocenters. The molecule has 8 nitrogen and oxygen atoms in total. The smallest absolute Gasteiger partial charge is 0.306 e. The second kappa shape index (κ2) is 16.9. The molecule has 0 aliphatic carbocycles. The minimum absolute atomic E-state index is 0.0330. The van der Waals surface area contributed by atoms with Crippen LogP contribution in [0.3, 0.4) is 0 Å². The van der Waals surface area contributed by atoms with E-state index in [4.69, 9.17) is 9.47 Å². The quantitative estimate of drug-likeness (QED) is 0.233. The van der Waals surface area contributed by atoms with E-state index in [-0.39, 0.29) is 37.4 Å². The summed E-state index contributed by atoms with van der Waals surface area (Å²) in [5.74, 6) is -0.784. The zero-order valence-corrected chi connectivity index (χ0v) is 24.3. The Kier molecular flexibility index (Phi) is 12.4. The van der Waals surface area contributed by atoms with Crippen LogP contribution in [-0.4, -0.2) is 42.1 Å². The molecular weight excluding hydrogens is 544 g/mol. The second-order valence-electron chi connectivity index (χ2n) is 10.7. The highest BCUT2D eigenvalue weighted by molar-refractivity contribution is 5.86. The van der Waals surface area contributed by atoms with E-state index in [9.17, 15) is 19.5 Å². The van der Waals surface area contributed by atoms with Crippen LogP contribution in [-0.2, 0) is 32.1 Å². The normalized spacial score (nSPS) is 18.6. The van der Waals surface area contributed by atoms with E-state index in [0.29, 0.717) is 38.7 Å². The van der Waals surface area contributed by atoms with Crippen LogP contribution in [0.25, 0.3) is 0 Å². The molecule has 3 aromatic carbocycles. The van der Waals surface area contributed by atoms with Crippen molar-refractivity contribution in [2.24, 2.45) is 5.92 Å². The van der Waals surface area contributed by atoms with Crippen molar-refractivity contribution in [3.63, 3.8) is 0 Å². The summed E-state index contributed by atoms with van der Waals surface area (Å²) in [5, 5.41) is 15.8. The molecule has 0 fully saturated rings. The number of aliphatic hydroxyl groups is 1. The molecule has 1 aliphatic rings. The molecule has 1 aliphatic heterocycles. The average molecular weight is 585 g/mol. The number of rotatable bonds is 10. The number of carbonyl (C=O) groups excluding carboxylic acids is 3. The summed E-state index contributed by atoms with van der Waals surface area (Å²) in [4.78, 5) is 38.6. The van der Waals surface area contributed by atoms with Gasteiger partial charge in [-0.25, -0.2) is 0 Å². The first-order valence-corrected chi connectivity index (χ1v) is 14.8. The second-order valence-corrected chi connectivity index (χ2v) is 10.7. The number of allylic oxidation sites excluding steroid dienone is 2. The predicted molar refractivity (Wildman–Crippen MR) is 164 cm³/mol. The van der Waals surface area contributed by atoms with Crippen LogP contribution >= 0.6 is 0 Å². The third-order valence-corrected chi connectivity index (χ3v) is 7.29. The van der Waals surface area contributed by atoms with Crippen molar-refractivity contribution in [3.8, 4) is 5.75 Å². The Morgan fingerprint density at radius 2 is 1.67 bits per heavy atom. The van der Waals surface area contributed by atoms with Crippen molar-refractivity contribution >= 4 is 17.8 Å². The first-order valence-electron chi connectivity index (χ1n) is 14.8. The van der Waals surface area contributed by atoms with Gasteiger partial charge in [0.25, 0.3) is 0 Å². The summed E-state index contributed by atoms with van der Waals surface area (Å²) in [6.07, 6.45) is 5.60. The average Bonchev–Trinajstić information content (AvgIpc) is 3.05. The van der Waals surface area contributed by atoms with Crippen molar-refractivity contribution in [2.45, 2.75) is 57.3 Å². The lowest BCUT2D eigenvalue weighted by molar-refractivity contribution is -0.150. The van der Waals surface area contributed by atoms with Gasteiger partial charge in [-0.3, -0.25) is 14.4 Å². The van der Waals surface area contributed by atoms with Crippen molar-refractivity contribution in [3.05, 3.63) is 114 Å². The summed E-state index contributed by atoms with van der Waals surface area (Å²) in [6.45, 7) is 0.344. The van der Waals surface area contributed by atoms with Crippen LogP contribution in [0.15, 0.2) is 97.1 Å². The molecule has 0 spiro atoms. The number of carbonyl (C=O) groups is 3. The molecule has 4 rings (SSSR count). The van der Waals surface area contributed by atoms with Gasteiger partial charge in [0.15, 0.2) is 0 Å². The van der Waals surface area contributed by atoms with Gasteiger partial charge < -0.3 is 25.2 Å². The number of cyclic esters (lactones) is 1. The minimum Gasteiger partial charge on any atom is -0.489 e. The van der Waals surface area contributed by atoms with Crippen LogP contribution in [0.1, 0.15) is 54.9 Å². The molecule has 1 heterocycles. The molecule has 43 heavy (non-hydrogen) atoms. The third-order valence-electron chi connectivity index (χ3n) is 7.29. The Hall–Kier alpha value is -4.43. The Morgan fingerprint density at radius 3 is 2.40 bits per heavy atom. The summed E-state index contributed by atoms with van der Waals surface area (Å²) in [5.41, 5.74) is 2.81. The topological polar surface area (TPSA) is 114 Å². The number of esters is 1. The maximum atomic E-state index is 13.2. The van der Waals surface area contributed by atoms with Crippen molar-refractivity contribution < 1.29 is 29.0 Å². The molecule has 2 amide bonds. The van der Waals surface area contributed by atoms with Gasteiger partial charge in [-0.15, -0.1) is 0 Å². The van der Waals surface area contributed by atoms with Crippen LogP contribution in [0.2, 0.25) is 0 Å². The lowest BCUT2D eigenvalue weighted by atomic mass is 9.98. The highest BCUT2D eigenvalue weighted by Crippen LogP contribution is 2.20. The molecule has 3 N–H and O–H groups in total. The monoisotopic (exact) mass is 584 g/mol. The Morgan fingerprint density at radius 1 is 0.953 bits per heavy atom. The molecule has 0 unspecified atom stereocenters. The number of hydrogen-bond acceptors (Lipinski definition) is 6. The predicted octanol–water partition coefficient (Wildman–Crippen LogP) is 4.82. The van der Waals surface area contributed by atoms with E-state index in [1.165, 1.54) is 0 Å². The molecule has 8 heteroatoms. The number of nitrogens with one attached hydrogen (secondary N) is 2. The summed E-state index contributed by atoms with van der Waals surface area (Å²) in [6, 6.07) is 26.3. The van der Waals surface area contributed by atoms with Gasteiger partial charge in [-0.2, -0.15) is 0 Å². The molecule has 226 valence electrons. The highest BCUT2D eigenvalue weighted by Gasteiger charge is 2.25. The first kappa shape index (κ1) is 31.5. The number of benzene rings is 3. The van der Waals surface area contributed by atoms with E-state index < -0.39 is 18.1 Å². The van der Waals surface area contributed by atoms with Crippen LogP contribution in [0.4, 0.5) is 0 Å². The van der Waals surface area contributed by atoms with E-state index in [0.717, 1.165) is 22.4 Å². The zero-order valence-electron chi connectivity index (χ0n) is 24.3. The van der Waals surface area contributed by atoms with E-state index in [1.807, 2.05) is 97.1 Å². The number of aliphatic hydroxyl groups excluding tert-OH is 1. The van der Waals surface area contributed by atoms with Gasteiger partial charge in [0.2, 0.25) is 11.8 Å². The fourth-order valence-electron chi connectivity index (χ4n) is 4.89. The lowest BCUT2D eigenvalue weighted by Crippen LogP contribution is -2.42. The number of ether oxygens (including phenoxy) is 2. The maximum absolute atomic E-state index is 13.2. The maximum Gasteiger partial charge on any atom is 0.306 e. The largest absolute Gasteiger partial charge is 0.489 e. The van der Waals surface area contributed by atoms with Gasteiger partial charge in [-0.1, -0.05) is 84.9 Å². The van der Waals surface area contributed by atoms with E-state index in [2.05, 4.69) is 10.6 Å². The van der Waals surface area contributed by atoms with Crippen LogP contribution in [0, 0.1) is 5.92 Å². The van der Waals surface area contributed by atoms with Crippen LogP contribution < -0.4 is 15.4 Å². The molecule has 0 aromatic heterocycles. The van der Waals surface area contributed by atoms with Crippen molar-refractivity contribution in [2.75, 3.05) is 13.2 Å². The fraction of sp³-hybridized carbons (Fsp3) is 0.343. The fourth-order valence-corrected chi connectivity index (χ4v) is 4.89. The summed E-state index contributed by atoms with van der Waals surface area (Å²) in [7, 11) is 0. The SMILES string of the molecule is O=C(C[C@H]1CC=CCCCC(=O)O[C@@H](c2ccccc2)CNC1=O)N[C@H](CO)Cc1ccc(OCc2ccccc2)cc1. The van der Waals surface area contributed by atoms with Gasteiger partial charge in [0, 0.05) is 12.8 Å². The van der Waals surface area contributed by atoms with E-state index in [1.54, 1.807) is 0 Å². The number of hydrogen-bond donors (Lipinski definition) is 3. The first-order chi connectivity index (χ1) is 21.0. The molecule has 0 bridgehead atoms. The third kappa shape index (κ3) is 10.7. The molecule has 0 radical (unpaired) electrons. The van der Waals surface area contributed by atoms with Crippen molar-refractivity contribution in [1.82, 2.24) is 10.6 Å². The van der Waals surface area contributed by atoms with Gasteiger partial charge >= 0.3 is 5.97 Å². The van der Waals surface area contributed by atoms with Gasteiger partial charge in [0.05, 0.1) is 25.1 Å². The Labute approximate surface area is 253 Å². The summed E-state index contributed by atoms with van der Waals surface area (Å²) < 4.78 is 11.5. The molecular formula is C35H40N2O6. The van der Waals surface area contributed by atoms with E-state index >= 15 is 0 Å².